The molecule has 0 bridgehead atoms. The molecule has 5 heteroatoms. The molecule has 2 rings (SSSR count). The summed E-state index contributed by atoms with van der Waals surface area (Å²) in [5, 5.41) is 0.326. The largest absolute Gasteiger partial charge is 0.487 e. The lowest BCUT2D eigenvalue weighted by Crippen LogP contribution is -2.01. The van der Waals surface area contributed by atoms with E-state index in [4.69, 9.17) is 22.1 Å². The van der Waals surface area contributed by atoms with Crippen molar-refractivity contribution in [2.24, 2.45) is 0 Å². The number of halogens is 3. The third-order valence-corrected chi connectivity index (χ3v) is 2.67. The summed E-state index contributed by atoms with van der Waals surface area (Å²) in [5.41, 5.74) is 6.16. The van der Waals surface area contributed by atoms with Gasteiger partial charge in [0.2, 0.25) is 0 Å². The molecule has 0 heterocycles. The molecule has 94 valence electrons. The highest BCUT2D eigenvalue weighted by molar-refractivity contribution is 6.32. The van der Waals surface area contributed by atoms with Crippen LogP contribution in [0.15, 0.2) is 36.4 Å². The predicted octanol–water partition coefficient (Wildman–Crippen LogP) is 3.78. The van der Waals surface area contributed by atoms with Crippen molar-refractivity contribution in [1.29, 1.82) is 0 Å². The first-order valence-corrected chi connectivity index (χ1v) is 5.56. The van der Waals surface area contributed by atoms with Crippen LogP contribution in [0.1, 0.15) is 5.56 Å². The normalized spacial score (nSPS) is 10.4. The molecule has 0 fully saturated rings. The fraction of sp³-hybridized carbons (Fsp3) is 0.0769. The summed E-state index contributed by atoms with van der Waals surface area (Å²) >= 11 is 5.89. The lowest BCUT2D eigenvalue weighted by atomic mass is 10.2. The van der Waals surface area contributed by atoms with Crippen molar-refractivity contribution in [3.05, 3.63) is 58.6 Å². The summed E-state index contributed by atoms with van der Waals surface area (Å²) in [6, 6.07) is 8.64. The number of nitrogens with two attached hydrogens (primary N) is 1. The molecule has 0 atom stereocenters. The van der Waals surface area contributed by atoms with Crippen LogP contribution in [-0.4, -0.2) is 0 Å². The van der Waals surface area contributed by atoms with Gasteiger partial charge in [0.15, 0.2) is 11.6 Å². The van der Waals surface area contributed by atoms with Crippen LogP contribution in [0.4, 0.5) is 14.5 Å². The van der Waals surface area contributed by atoms with Gasteiger partial charge >= 0.3 is 0 Å². The average Bonchev–Trinajstić information content (AvgIpc) is 2.33. The van der Waals surface area contributed by atoms with E-state index in [1.165, 1.54) is 18.2 Å². The predicted molar refractivity (Wildman–Crippen MR) is 66.6 cm³/mol. The Balaban J connectivity index is 2.14. The highest BCUT2D eigenvalue weighted by atomic mass is 35.5. The molecule has 0 aliphatic heterocycles. The fourth-order valence-electron chi connectivity index (χ4n) is 1.45. The molecular weight excluding hydrogens is 260 g/mol. The Morgan fingerprint density at radius 3 is 2.67 bits per heavy atom. The summed E-state index contributed by atoms with van der Waals surface area (Å²) in [6.45, 7) is -0.104. The Kier molecular flexibility index (Phi) is 3.67. The minimum atomic E-state index is -0.913. The molecule has 2 N–H and O–H groups in total. The molecule has 0 aromatic heterocycles. The summed E-state index contributed by atoms with van der Waals surface area (Å²) < 4.78 is 31.6. The van der Waals surface area contributed by atoms with E-state index >= 15 is 0 Å². The van der Waals surface area contributed by atoms with Crippen molar-refractivity contribution < 1.29 is 13.5 Å². The van der Waals surface area contributed by atoms with Crippen LogP contribution in [-0.2, 0) is 6.61 Å². The van der Waals surface area contributed by atoms with Crippen molar-refractivity contribution >= 4 is 17.3 Å². The lowest BCUT2D eigenvalue weighted by Gasteiger charge is -2.09. The first-order valence-electron chi connectivity index (χ1n) is 5.18. The maximum Gasteiger partial charge on any atom is 0.165 e. The topological polar surface area (TPSA) is 35.2 Å². The van der Waals surface area contributed by atoms with E-state index in [0.717, 1.165) is 6.07 Å². The number of benzene rings is 2. The number of anilines is 1. The number of ether oxygens (including phenoxy) is 1. The monoisotopic (exact) mass is 269 g/mol. The third-order valence-electron chi connectivity index (χ3n) is 2.37. The Hall–Kier alpha value is -1.81. The molecule has 2 aromatic carbocycles. The SMILES string of the molecule is Nc1ccc(OCc2cccc(F)c2F)c(Cl)c1. The molecule has 0 unspecified atom stereocenters. The molecular formula is C13H10ClF2NO. The van der Waals surface area contributed by atoms with Crippen molar-refractivity contribution in [3.8, 4) is 5.75 Å². The van der Waals surface area contributed by atoms with Crippen LogP contribution in [0.3, 0.4) is 0 Å². The highest BCUT2D eigenvalue weighted by Gasteiger charge is 2.09. The van der Waals surface area contributed by atoms with Crippen molar-refractivity contribution in [2.45, 2.75) is 6.61 Å². The van der Waals surface area contributed by atoms with E-state index in [1.807, 2.05) is 0 Å². The Bertz CT molecular complexity index is 575. The van der Waals surface area contributed by atoms with E-state index < -0.39 is 11.6 Å². The summed E-state index contributed by atoms with van der Waals surface area (Å²) in [4.78, 5) is 0. The van der Waals surface area contributed by atoms with E-state index in [2.05, 4.69) is 0 Å². The Morgan fingerprint density at radius 1 is 1.17 bits per heavy atom. The smallest absolute Gasteiger partial charge is 0.165 e. The maximum atomic E-state index is 13.4. The fourth-order valence-corrected chi connectivity index (χ4v) is 1.69. The van der Waals surface area contributed by atoms with Gasteiger partial charge in [-0.1, -0.05) is 23.7 Å². The third kappa shape index (κ3) is 2.71. The Labute approximate surface area is 108 Å². The maximum absolute atomic E-state index is 13.4. The molecule has 0 saturated heterocycles. The summed E-state index contributed by atoms with van der Waals surface area (Å²) in [6.07, 6.45) is 0. The zero-order valence-corrected chi connectivity index (χ0v) is 10.0. The minimum absolute atomic E-state index is 0.104. The second-order valence-electron chi connectivity index (χ2n) is 3.69. The van der Waals surface area contributed by atoms with Crippen molar-refractivity contribution in [1.82, 2.24) is 0 Å². The van der Waals surface area contributed by atoms with Gasteiger partial charge in [0.05, 0.1) is 5.02 Å². The lowest BCUT2D eigenvalue weighted by molar-refractivity contribution is 0.297. The van der Waals surface area contributed by atoms with Crippen LogP contribution in [0, 0.1) is 11.6 Å². The molecule has 0 saturated carbocycles. The van der Waals surface area contributed by atoms with Crippen molar-refractivity contribution in [2.75, 3.05) is 5.73 Å². The van der Waals surface area contributed by atoms with E-state index in [1.54, 1.807) is 12.1 Å². The van der Waals surface area contributed by atoms with E-state index in [0.29, 0.717) is 16.5 Å². The number of rotatable bonds is 3. The molecule has 0 amide bonds. The van der Waals surface area contributed by atoms with Gasteiger partial charge in [-0.3, -0.25) is 0 Å². The van der Waals surface area contributed by atoms with Gasteiger partial charge in [-0.15, -0.1) is 0 Å². The Morgan fingerprint density at radius 2 is 1.94 bits per heavy atom. The second-order valence-corrected chi connectivity index (χ2v) is 4.10. The number of hydrogen-bond acceptors (Lipinski definition) is 2. The van der Waals surface area contributed by atoms with Gasteiger partial charge in [-0.2, -0.15) is 0 Å². The molecule has 2 aromatic rings. The van der Waals surface area contributed by atoms with Gasteiger partial charge in [0.1, 0.15) is 12.4 Å². The minimum Gasteiger partial charge on any atom is -0.487 e. The van der Waals surface area contributed by atoms with Crippen LogP contribution in [0.25, 0.3) is 0 Å². The molecule has 2 nitrogen and oxygen atoms in total. The molecule has 0 spiro atoms. The van der Waals surface area contributed by atoms with E-state index in [-0.39, 0.29) is 12.2 Å². The van der Waals surface area contributed by atoms with E-state index in [9.17, 15) is 8.78 Å². The molecule has 0 aliphatic carbocycles. The quantitative estimate of drug-likeness (QED) is 0.861. The molecule has 0 radical (unpaired) electrons. The van der Waals surface area contributed by atoms with Crippen LogP contribution >= 0.6 is 11.6 Å². The van der Waals surface area contributed by atoms with Gasteiger partial charge in [0, 0.05) is 11.3 Å². The first kappa shape index (κ1) is 12.6. The second kappa shape index (κ2) is 5.23. The van der Waals surface area contributed by atoms with Crippen LogP contribution in [0.2, 0.25) is 5.02 Å². The summed E-state index contributed by atoms with van der Waals surface area (Å²) in [7, 11) is 0. The van der Waals surface area contributed by atoms with Gasteiger partial charge in [0.25, 0.3) is 0 Å². The number of nitrogen functional groups attached to an aromatic ring is 1. The molecule has 18 heavy (non-hydrogen) atoms. The van der Waals surface area contributed by atoms with Crippen molar-refractivity contribution in [3.63, 3.8) is 0 Å². The first-order chi connectivity index (χ1) is 8.58. The van der Waals surface area contributed by atoms with Gasteiger partial charge in [-0.25, -0.2) is 8.78 Å². The zero-order chi connectivity index (χ0) is 13.1. The van der Waals surface area contributed by atoms with Crippen LogP contribution < -0.4 is 10.5 Å². The standard InChI is InChI=1S/C13H10ClF2NO/c14-10-6-9(17)4-5-12(10)18-7-8-2-1-3-11(15)13(8)16/h1-6H,7,17H2. The van der Waals surface area contributed by atoms with Gasteiger partial charge < -0.3 is 10.5 Å². The number of hydrogen-bond donors (Lipinski definition) is 1. The van der Waals surface area contributed by atoms with Gasteiger partial charge in [-0.05, 0) is 24.3 Å². The highest BCUT2D eigenvalue weighted by Crippen LogP contribution is 2.27. The molecule has 0 aliphatic rings. The van der Waals surface area contributed by atoms with Crippen LogP contribution in [0.5, 0.6) is 5.75 Å². The average molecular weight is 270 g/mol. The zero-order valence-electron chi connectivity index (χ0n) is 9.29. The summed E-state index contributed by atoms with van der Waals surface area (Å²) in [5.74, 6) is -1.45.